The summed E-state index contributed by atoms with van der Waals surface area (Å²) < 4.78 is 10.1. The minimum atomic E-state index is -0.724. The molecule has 24 heavy (non-hydrogen) atoms. The lowest BCUT2D eigenvalue weighted by molar-refractivity contribution is -0.402. The third-order valence-electron chi connectivity index (χ3n) is 2.97. The zero-order valence-corrected chi connectivity index (χ0v) is 13.0. The van der Waals surface area contributed by atoms with E-state index in [4.69, 9.17) is 9.15 Å². The van der Waals surface area contributed by atoms with Crippen LogP contribution in [0.1, 0.15) is 10.6 Å². The molecule has 0 spiro atoms. The van der Waals surface area contributed by atoms with E-state index in [0.717, 1.165) is 6.07 Å². The van der Waals surface area contributed by atoms with Gasteiger partial charge in [-0.05, 0) is 30.3 Å². The molecule has 0 atom stereocenters. The van der Waals surface area contributed by atoms with Gasteiger partial charge in [-0.3, -0.25) is 19.7 Å². The minimum Gasteiger partial charge on any atom is -0.484 e. The number of nitrogens with zero attached hydrogens (tertiary/aromatic N) is 2. The highest BCUT2D eigenvalue weighted by molar-refractivity contribution is 6.02. The van der Waals surface area contributed by atoms with Crippen LogP contribution >= 0.6 is 0 Å². The van der Waals surface area contributed by atoms with Crippen LogP contribution in [0.25, 0.3) is 0 Å². The number of carbonyl (C=O) groups is 2. The van der Waals surface area contributed by atoms with Crippen molar-refractivity contribution < 1.29 is 23.7 Å². The first-order valence-corrected chi connectivity index (χ1v) is 6.85. The second kappa shape index (κ2) is 7.27. The molecule has 2 aromatic rings. The molecule has 0 bridgehead atoms. The van der Waals surface area contributed by atoms with Crippen LogP contribution in [0, 0.1) is 10.1 Å². The Morgan fingerprint density at radius 2 is 1.88 bits per heavy atom. The number of ether oxygens (including phenoxy) is 1. The van der Waals surface area contributed by atoms with Crippen LogP contribution in [0.5, 0.6) is 5.75 Å². The number of amides is 2. The van der Waals surface area contributed by atoms with Gasteiger partial charge in [0.25, 0.3) is 11.8 Å². The van der Waals surface area contributed by atoms with Crippen molar-refractivity contribution >= 4 is 23.4 Å². The average Bonchev–Trinajstić information content (AvgIpc) is 3.04. The lowest BCUT2D eigenvalue weighted by atomic mass is 10.3. The number of carbonyl (C=O) groups excluding carboxylic acids is 2. The van der Waals surface area contributed by atoms with Crippen molar-refractivity contribution in [2.24, 2.45) is 0 Å². The van der Waals surface area contributed by atoms with Crippen LogP contribution in [0.4, 0.5) is 11.6 Å². The van der Waals surface area contributed by atoms with E-state index in [1.165, 1.54) is 11.0 Å². The molecule has 9 heteroatoms. The van der Waals surface area contributed by atoms with Crippen LogP contribution < -0.4 is 10.1 Å². The van der Waals surface area contributed by atoms with Gasteiger partial charge in [0.05, 0.1) is 6.07 Å². The molecule has 0 saturated heterocycles. The molecule has 0 saturated carbocycles. The molecule has 2 rings (SSSR count). The molecule has 0 aliphatic heterocycles. The van der Waals surface area contributed by atoms with Gasteiger partial charge >= 0.3 is 5.88 Å². The van der Waals surface area contributed by atoms with Gasteiger partial charge in [0.2, 0.25) is 0 Å². The summed E-state index contributed by atoms with van der Waals surface area (Å²) in [5, 5.41) is 13.1. The van der Waals surface area contributed by atoms with Crippen molar-refractivity contribution in [3.8, 4) is 5.75 Å². The molecule has 0 radical (unpaired) electrons. The van der Waals surface area contributed by atoms with Gasteiger partial charge < -0.3 is 19.4 Å². The molecular formula is C15H15N3O6. The Labute approximate surface area is 137 Å². The Hall–Kier alpha value is -3.36. The maximum Gasteiger partial charge on any atom is 0.433 e. The highest BCUT2D eigenvalue weighted by Gasteiger charge is 2.17. The fourth-order valence-corrected chi connectivity index (χ4v) is 1.65. The van der Waals surface area contributed by atoms with Crippen molar-refractivity contribution in [3.05, 3.63) is 52.3 Å². The molecule has 1 N–H and O–H groups in total. The van der Waals surface area contributed by atoms with Gasteiger partial charge in [0.1, 0.15) is 10.7 Å². The third kappa shape index (κ3) is 4.32. The van der Waals surface area contributed by atoms with E-state index in [-0.39, 0.29) is 18.3 Å². The van der Waals surface area contributed by atoms with Crippen LogP contribution in [-0.2, 0) is 4.79 Å². The molecule has 0 unspecified atom stereocenters. The summed E-state index contributed by atoms with van der Waals surface area (Å²) in [5.41, 5.74) is 0.449. The van der Waals surface area contributed by atoms with Gasteiger partial charge in [-0.25, -0.2) is 0 Å². The number of furan rings is 1. The van der Waals surface area contributed by atoms with Gasteiger partial charge in [0, 0.05) is 19.8 Å². The largest absolute Gasteiger partial charge is 0.484 e. The molecule has 2 amide bonds. The number of likely N-dealkylation sites (N-methyl/N-ethyl adjacent to an activating group) is 1. The first kappa shape index (κ1) is 17.0. The van der Waals surface area contributed by atoms with Crippen LogP contribution in [0.3, 0.4) is 0 Å². The fourth-order valence-electron chi connectivity index (χ4n) is 1.65. The predicted molar refractivity (Wildman–Crippen MR) is 83.9 cm³/mol. The van der Waals surface area contributed by atoms with E-state index >= 15 is 0 Å². The van der Waals surface area contributed by atoms with Crippen LogP contribution in [-0.4, -0.2) is 42.3 Å². The number of hydrogen-bond donors (Lipinski definition) is 1. The van der Waals surface area contributed by atoms with E-state index in [1.807, 2.05) is 0 Å². The summed E-state index contributed by atoms with van der Waals surface area (Å²) in [6.07, 6.45) is 0. The molecule has 9 nitrogen and oxygen atoms in total. The zero-order valence-electron chi connectivity index (χ0n) is 13.0. The first-order valence-electron chi connectivity index (χ1n) is 6.85. The number of hydrogen-bond acceptors (Lipinski definition) is 6. The lowest BCUT2D eigenvalue weighted by Crippen LogP contribution is -2.27. The predicted octanol–water partition coefficient (Wildman–Crippen LogP) is 1.91. The number of nitrogens with one attached hydrogen (secondary N) is 1. The van der Waals surface area contributed by atoms with Crippen molar-refractivity contribution in [1.29, 1.82) is 0 Å². The average molecular weight is 333 g/mol. The first-order chi connectivity index (χ1) is 11.4. The van der Waals surface area contributed by atoms with Crippen LogP contribution in [0.15, 0.2) is 40.8 Å². The molecule has 0 fully saturated rings. The molecule has 1 aromatic heterocycles. The zero-order chi connectivity index (χ0) is 17.7. The molecule has 1 heterocycles. The van der Waals surface area contributed by atoms with Crippen molar-refractivity contribution in [1.82, 2.24) is 4.90 Å². The fraction of sp³-hybridized carbons (Fsp3) is 0.200. The lowest BCUT2D eigenvalue weighted by Gasteiger charge is -2.11. The molecule has 126 valence electrons. The second-order valence-electron chi connectivity index (χ2n) is 4.95. The number of benzene rings is 1. The Balaban J connectivity index is 1.94. The Morgan fingerprint density at radius 3 is 2.42 bits per heavy atom. The number of rotatable bonds is 6. The van der Waals surface area contributed by atoms with E-state index in [2.05, 4.69) is 5.32 Å². The maximum atomic E-state index is 11.9. The second-order valence-corrected chi connectivity index (χ2v) is 4.95. The third-order valence-corrected chi connectivity index (χ3v) is 2.97. The topological polar surface area (TPSA) is 115 Å². The standard InChI is InChI=1S/C15H15N3O6/c1-17(2)13(19)9-23-11-5-3-10(4-6-11)16-15(20)12-7-8-14(24-12)18(21)22/h3-8H,9H2,1-2H3,(H,16,20). The Morgan fingerprint density at radius 1 is 1.21 bits per heavy atom. The van der Waals surface area contributed by atoms with Gasteiger partial charge in [-0.2, -0.15) is 0 Å². The molecule has 1 aromatic carbocycles. The summed E-state index contributed by atoms with van der Waals surface area (Å²) in [4.78, 5) is 34.5. The number of anilines is 1. The maximum absolute atomic E-state index is 11.9. The van der Waals surface area contributed by atoms with Gasteiger partial charge in [-0.1, -0.05) is 0 Å². The Kier molecular flexibility index (Phi) is 5.15. The SMILES string of the molecule is CN(C)C(=O)COc1ccc(NC(=O)c2ccc([N+](=O)[O-])o2)cc1. The van der Waals surface area contributed by atoms with Crippen molar-refractivity contribution in [2.45, 2.75) is 0 Å². The molecule has 0 aliphatic rings. The van der Waals surface area contributed by atoms with E-state index < -0.39 is 16.7 Å². The molecule has 0 aliphatic carbocycles. The van der Waals surface area contributed by atoms with E-state index in [1.54, 1.807) is 38.4 Å². The summed E-state index contributed by atoms with van der Waals surface area (Å²) in [6, 6.07) is 8.65. The normalized spacial score (nSPS) is 10.1. The monoisotopic (exact) mass is 333 g/mol. The smallest absolute Gasteiger partial charge is 0.433 e. The highest BCUT2D eigenvalue weighted by Crippen LogP contribution is 2.19. The Bertz CT molecular complexity index is 751. The highest BCUT2D eigenvalue weighted by atomic mass is 16.6. The van der Waals surface area contributed by atoms with E-state index in [0.29, 0.717) is 11.4 Å². The van der Waals surface area contributed by atoms with Gasteiger partial charge in [-0.15, -0.1) is 0 Å². The van der Waals surface area contributed by atoms with Crippen molar-refractivity contribution in [3.63, 3.8) is 0 Å². The number of nitro groups is 1. The van der Waals surface area contributed by atoms with Crippen LogP contribution in [0.2, 0.25) is 0 Å². The minimum absolute atomic E-state index is 0.0885. The quantitative estimate of drug-likeness (QED) is 0.638. The summed E-state index contributed by atoms with van der Waals surface area (Å²) >= 11 is 0. The van der Waals surface area contributed by atoms with Gasteiger partial charge in [0.15, 0.2) is 12.4 Å². The van der Waals surface area contributed by atoms with Crippen molar-refractivity contribution in [2.75, 3.05) is 26.0 Å². The summed E-state index contributed by atoms with van der Waals surface area (Å²) in [5.74, 6) is -0.990. The molecular weight excluding hydrogens is 318 g/mol. The van der Waals surface area contributed by atoms with E-state index in [9.17, 15) is 19.7 Å². The summed E-state index contributed by atoms with van der Waals surface area (Å²) in [7, 11) is 3.26. The summed E-state index contributed by atoms with van der Waals surface area (Å²) in [6.45, 7) is -0.0885.